The molecule has 3 aromatic carbocycles. The molecule has 0 saturated heterocycles. The highest BCUT2D eigenvalue weighted by atomic mass is 32.1. The van der Waals surface area contributed by atoms with E-state index < -0.39 is 23.4 Å². The first-order valence-electron chi connectivity index (χ1n) is 10.4. The second-order valence-electron chi connectivity index (χ2n) is 7.49. The van der Waals surface area contributed by atoms with Crippen LogP contribution in [0.2, 0.25) is 0 Å². The molecule has 0 atom stereocenters. The summed E-state index contributed by atoms with van der Waals surface area (Å²) >= 11 is 1.09. The second-order valence-corrected chi connectivity index (χ2v) is 8.52. The van der Waals surface area contributed by atoms with Gasteiger partial charge in [-0.2, -0.15) is 0 Å². The molecule has 0 bridgehead atoms. The quantitative estimate of drug-likeness (QED) is 0.199. The molecule has 2 heterocycles. The number of anilines is 1. The Balaban J connectivity index is 1.33. The van der Waals surface area contributed by atoms with Crippen molar-refractivity contribution in [1.29, 1.82) is 0 Å². The summed E-state index contributed by atoms with van der Waals surface area (Å²) in [7, 11) is 0. The number of nitrogens with one attached hydrogen (secondary N) is 1. The summed E-state index contributed by atoms with van der Waals surface area (Å²) in [5.41, 5.74) is 2.85. The van der Waals surface area contributed by atoms with Crippen LogP contribution in [0.5, 0.6) is 0 Å². The molecule has 0 aliphatic heterocycles. The predicted octanol–water partition coefficient (Wildman–Crippen LogP) is 5.22. The first-order chi connectivity index (χ1) is 17.0. The number of benzene rings is 3. The van der Waals surface area contributed by atoms with Crippen LogP contribution < -0.4 is 5.32 Å². The van der Waals surface area contributed by atoms with Gasteiger partial charge in [0.05, 0.1) is 31.9 Å². The van der Waals surface area contributed by atoms with E-state index in [0.29, 0.717) is 32.4 Å². The van der Waals surface area contributed by atoms with Gasteiger partial charge in [-0.15, -0.1) is 0 Å². The van der Waals surface area contributed by atoms with E-state index >= 15 is 0 Å². The largest absolute Gasteiger partial charge is 0.452 e. The highest BCUT2D eigenvalue weighted by molar-refractivity contribution is 7.22. The van der Waals surface area contributed by atoms with Crippen molar-refractivity contribution in [2.45, 2.75) is 0 Å². The van der Waals surface area contributed by atoms with Crippen LogP contribution in [0.1, 0.15) is 10.4 Å². The zero-order chi connectivity index (χ0) is 24.4. The van der Waals surface area contributed by atoms with Crippen LogP contribution in [0.25, 0.3) is 32.4 Å². The smallest absolute Gasteiger partial charge is 0.339 e. The normalized spacial score (nSPS) is 10.9. The fraction of sp³-hybridized carbons (Fsp3) is 0.0400. The number of aromatic nitrogens is 2. The number of non-ortho nitro benzene ring substituents is 1. The molecule has 35 heavy (non-hydrogen) atoms. The molecular formula is C25H16N4O5S. The number of rotatable bonds is 6. The highest BCUT2D eigenvalue weighted by Gasteiger charge is 2.17. The summed E-state index contributed by atoms with van der Waals surface area (Å²) in [5, 5.41) is 14.4. The van der Waals surface area contributed by atoms with Crippen LogP contribution >= 0.6 is 11.3 Å². The maximum Gasteiger partial charge on any atom is 0.339 e. The van der Waals surface area contributed by atoms with Crippen LogP contribution in [-0.4, -0.2) is 33.4 Å². The number of carbonyl (C=O) groups excluding carboxylic acids is 2. The lowest BCUT2D eigenvalue weighted by Gasteiger charge is -2.10. The van der Waals surface area contributed by atoms with Crippen molar-refractivity contribution in [3.05, 3.63) is 94.5 Å². The van der Waals surface area contributed by atoms with Crippen LogP contribution in [-0.2, 0) is 9.53 Å². The number of amides is 1. The van der Waals surface area contributed by atoms with Gasteiger partial charge in [0.25, 0.3) is 11.6 Å². The van der Waals surface area contributed by atoms with Crippen LogP contribution in [0.15, 0.2) is 78.9 Å². The SMILES string of the molecule is O=C(COC(=O)c1cc(-c2ccccc2)nc2ccccc12)Nc1nc2ccc([N+](=O)[O-])cc2s1. The predicted molar refractivity (Wildman–Crippen MR) is 132 cm³/mol. The number of carbonyl (C=O) groups is 2. The Morgan fingerprint density at radius 2 is 1.71 bits per heavy atom. The Kier molecular flexibility index (Phi) is 5.86. The van der Waals surface area contributed by atoms with Crippen molar-refractivity contribution < 1.29 is 19.2 Å². The van der Waals surface area contributed by atoms with Crippen molar-refractivity contribution in [3.8, 4) is 11.3 Å². The van der Waals surface area contributed by atoms with E-state index in [1.165, 1.54) is 18.2 Å². The average molecular weight is 484 g/mol. The molecule has 5 aromatic rings. The summed E-state index contributed by atoms with van der Waals surface area (Å²) < 4.78 is 5.85. The van der Waals surface area contributed by atoms with Crippen molar-refractivity contribution in [2.24, 2.45) is 0 Å². The van der Waals surface area contributed by atoms with Gasteiger partial charge >= 0.3 is 5.97 Å². The summed E-state index contributed by atoms with van der Waals surface area (Å²) in [6.07, 6.45) is 0. The second kappa shape index (κ2) is 9.27. The van der Waals surface area contributed by atoms with E-state index in [0.717, 1.165) is 16.9 Å². The van der Waals surface area contributed by atoms with Crippen molar-refractivity contribution in [1.82, 2.24) is 9.97 Å². The van der Waals surface area contributed by atoms with Gasteiger partial charge in [0.1, 0.15) is 0 Å². The van der Waals surface area contributed by atoms with Gasteiger partial charge in [-0.1, -0.05) is 59.9 Å². The van der Waals surface area contributed by atoms with Gasteiger partial charge in [-0.25, -0.2) is 14.8 Å². The minimum absolute atomic E-state index is 0.0626. The lowest BCUT2D eigenvalue weighted by molar-refractivity contribution is -0.384. The molecule has 0 unspecified atom stereocenters. The lowest BCUT2D eigenvalue weighted by Crippen LogP contribution is -2.21. The molecule has 0 fully saturated rings. The number of pyridine rings is 1. The van der Waals surface area contributed by atoms with Gasteiger partial charge < -0.3 is 4.74 Å². The van der Waals surface area contributed by atoms with E-state index in [2.05, 4.69) is 15.3 Å². The third-order valence-electron chi connectivity index (χ3n) is 5.17. The molecule has 5 rings (SSSR count). The standard InChI is InChI=1S/C25H16N4O5S/c30-23(28-25-27-20-11-10-16(29(32)33)12-22(20)35-25)14-34-24(31)18-13-21(15-6-2-1-3-7-15)26-19-9-5-4-8-17(18)19/h1-13H,14H2,(H,27,28,30). The number of ether oxygens (including phenoxy) is 1. The number of nitro benzene ring substituents is 1. The Labute approximate surface area is 202 Å². The minimum atomic E-state index is -0.657. The molecule has 172 valence electrons. The fourth-order valence-electron chi connectivity index (χ4n) is 3.55. The maximum atomic E-state index is 12.9. The van der Waals surface area contributed by atoms with E-state index in [1.54, 1.807) is 18.2 Å². The van der Waals surface area contributed by atoms with E-state index in [4.69, 9.17) is 4.74 Å². The van der Waals surface area contributed by atoms with Gasteiger partial charge in [0.2, 0.25) is 0 Å². The Hall–Kier alpha value is -4.70. The number of para-hydroxylation sites is 1. The monoisotopic (exact) mass is 484 g/mol. The number of esters is 1. The summed E-state index contributed by atoms with van der Waals surface area (Å²) in [6, 6.07) is 22.6. The Bertz CT molecular complexity index is 1600. The molecule has 1 N–H and O–H groups in total. The van der Waals surface area contributed by atoms with Crippen LogP contribution in [0, 0.1) is 10.1 Å². The Morgan fingerprint density at radius 3 is 2.51 bits per heavy atom. The van der Waals surface area contributed by atoms with Crippen molar-refractivity contribution >= 4 is 55.2 Å². The molecule has 0 aliphatic carbocycles. The average Bonchev–Trinajstić information content (AvgIpc) is 3.28. The molecule has 2 aromatic heterocycles. The molecule has 0 radical (unpaired) electrons. The molecule has 0 saturated carbocycles. The number of hydrogen-bond acceptors (Lipinski definition) is 8. The van der Waals surface area contributed by atoms with Crippen molar-refractivity contribution in [2.75, 3.05) is 11.9 Å². The molecule has 0 aliphatic rings. The number of thiazole rings is 1. The highest BCUT2D eigenvalue weighted by Crippen LogP contribution is 2.29. The maximum absolute atomic E-state index is 12.9. The number of nitro groups is 1. The molecule has 1 amide bonds. The van der Waals surface area contributed by atoms with Gasteiger partial charge in [-0.3, -0.25) is 20.2 Å². The third-order valence-corrected chi connectivity index (χ3v) is 6.10. The molecule has 9 nitrogen and oxygen atoms in total. The first-order valence-corrected chi connectivity index (χ1v) is 11.3. The van der Waals surface area contributed by atoms with Crippen LogP contribution in [0.3, 0.4) is 0 Å². The topological polar surface area (TPSA) is 124 Å². The number of fused-ring (bicyclic) bond motifs is 2. The summed E-state index contributed by atoms with van der Waals surface area (Å²) in [6.45, 7) is -0.522. The number of nitrogens with zero attached hydrogens (tertiary/aromatic N) is 3. The summed E-state index contributed by atoms with van der Waals surface area (Å²) in [5.74, 6) is -1.23. The molecule has 10 heteroatoms. The lowest BCUT2D eigenvalue weighted by atomic mass is 10.0. The first kappa shape index (κ1) is 22.1. The van der Waals surface area contributed by atoms with Gasteiger partial charge in [0, 0.05) is 23.1 Å². The van der Waals surface area contributed by atoms with E-state index in [1.807, 2.05) is 42.5 Å². The molecule has 0 spiro atoms. The zero-order valence-corrected chi connectivity index (χ0v) is 18.8. The fourth-order valence-corrected chi connectivity index (χ4v) is 4.46. The Morgan fingerprint density at radius 1 is 0.943 bits per heavy atom. The van der Waals surface area contributed by atoms with E-state index in [9.17, 15) is 19.7 Å². The van der Waals surface area contributed by atoms with Gasteiger partial charge in [-0.05, 0) is 18.2 Å². The minimum Gasteiger partial charge on any atom is -0.452 e. The van der Waals surface area contributed by atoms with E-state index in [-0.39, 0.29) is 10.8 Å². The van der Waals surface area contributed by atoms with Gasteiger partial charge in [0.15, 0.2) is 11.7 Å². The summed E-state index contributed by atoms with van der Waals surface area (Å²) in [4.78, 5) is 44.7. The van der Waals surface area contributed by atoms with Crippen molar-refractivity contribution in [3.63, 3.8) is 0 Å². The molecular weight excluding hydrogens is 468 g/mol. The zero-order valence-electron chi connectivity index (χ0n) is 18.0. The van der Waals surface area contributed by atoms with Crippen LogP contribution in [0.4, 0.5) is 10.8 Å². The third kappa shape index (κ3) is 4.68. The number of hydrogen-bond donors (Lipinski definition) is 1.